The summed E-state index contributed by atoms with van der Waals surface area (Å²) in [5.41, 5.74) is -0.494. The molecule has 0 fully saturated rings. The third-order valence-electron chi connectivity index (χ3n) is 5.46. The first-order valence-corrected chi connectivity index (χ1v) is 15.1. The SMILES string of the molecule is O=C(Nc1cccc(-c2nc(NC(P(=O)(O)O)P(=O)(O)O)c3ccsc3n2)c1)c1cnc2ccccc2c1. The first-order valence-electron chi connectivity index (χ1n) is 10.9. The molecule has 0 radical (unpaired) electrons. The van der Waals surface area contributed by atoms with E-state index in [9.17, 15) is 33.5 Å². The fourth-order valence-corrected chi connectivity index (χ4v) is 6.63. The first kappa shape index (κ1) is 26.1. The molecule has 38 heavy (non-hydrogen) atoms. The Labute approximate surface area is 218 Å². The molecular weight excluding hydrogens is 552 g/mol. The summed E-state index contributed by atoms with van der Waals surface area (Å²) in [5, 5.41) is 7.84. The van der Waals surface area contributed by atoms with Crippen LogP contribution in [0.2, 0.25) is 0 Å². The Hall–Kier alpha value is -3.54. The third-order valence-corrected chi connectivity index (χ3v) is 9.60. The number of carbonyl (C=O) groups excluding carboxylic acids is 1. The van der Waals surface area contributed by atoms with Crippen molar-refractivity contribution < 1.29 is 33.5 Å². The van der Waals surface area contributed by atoms with Crippen molar-refractivity contribution in [1.82, 2.24) is 15.0 Å². The van der Waals surface area contributed by atoms with E-state index in [1.165, 1.54) is 17.5 Å². The van der Waals surface area contributed by atoms with E-state index in [0.717, 1.165) is 10.9 Å². The van der Waals surface area contributed by atoms with Crippen LogP contribution in [0, 0.1) is 0 Å². The summed E-state index contributed by atoms with van der Waals surface area (Å²) < 4.78 is 23.6. The number of hydrogen-bond acceptors (Lipinski definition) is 8. The van der Waals surface area contributed by atoms with E-state index >= 15 is 0 Å². The van der Waals surface area contributed by atoms with Gasteiger partial charge in [0.15, 0.2) is 5.82 Å². The van der Waals surface area contributed by atoms with E-state index in [1.54, 1.807) is 41.8 Å². The number of nitrogens with zero attached hydrogens (tertiary/aromatic N) is 3. The van der Waals surface area contributed by atoms with Gasteiger partial charge >= 0.3 is 15.2 Å². The number of rotatable bonds is 7. The molecule has 2 aromatic carbocycles. The summed E-state index contributed by atoms with van der Waals surface area (Å²) in [6.07, 6.45) is 1.48. The fourth-order valence-electron chi connectivity index (χ4n) is 3.72. The van der Waals surface area contributed by atoms with Crippen LogP contribution in [0.15, 0.2) is 72.2 Å². The number of anilines is 2. The lowest BCUT2D eigenvalue weighted by molar-refractivity contribution is 0.102. The maximum absolute atomic E-state index is 12.9. The van der Waals surface area contributed by atoms with Crippen molar-refractivity contribution in [3.8, 4) is 11.4 Å². The summed E-state index contributed by atoms with van der Waals surface area (Å²) >= 11 is 1.21. The molecule has 0 aliphatic heterocycles. The minimum Gasteiger partial charge on any atom is -0.346 e. The van der Waals surface area contributed by atoms with Gasteiger partial charge in [-0.3, -0.25) is 18.9 Å². The van der Waals surface area contributed by atoms with Gasteiger partial charge in [0.2, 0.25) is 5.52 Å². The molecule has 0 saturated carbocycles. The van der Waals surface area contributed by atoms with E-state index < -0.39 is 20.7 Å². The van der Waals surface area contributed by atoms with Crippen molar-refractivity contribution in [3.05, 3.63) is 77.8 Å². The number of amides is 1. The number of pyridine rings is 1. The molecule has 5 rings (SSSR count). The zero-order valence-corrected chi connectivity index (χ0v) is 21.8. The minimum atomic E-state index is -5.26. The number of thiophene rings is 1. The van der Waals surface area contributed by atoms with E-state index in [2.05, 4.69) is 25.6 Å². The summed E-state index contributed by atoms with van der Waals surface area (Å²) in [7, 11) is -10.5. The minimum absolute atomic E-state index is 0.112. The molecule has 3 aromatic heterocycles. The number of para-hydroxylation sites is 1. The Kier molecular flexibility index (Phi) is 6.84. The van der Waals surface area contributed by atoms with Gasteiger partial charge in [0.05, 0.1) is 16.5 Å². The van der Waals surface area contributed by atoms with Crippen LogP contribution in [0.25, 0.3) is 32.5 Å². The molecule has 1 amide bonds. The van der Waals surface area contributed by atoms with E-state index in [4.69, 9.17) is 0 Å². The van der Waals surface area contributed by atoms with Crippen LogP contribution < -0.4 is 10.6 Å². The smallest absolute Gasteiger partial charge is 0.346 e. The molecule has 0 saturated heterocycles. The number of nitrogens with one attached hydrogen (secondary N) is 2. The Balaban J connectivity index is 1.47. The molecule has 0 spiro atoms. The second kappa shape index (κ2) is 9.97. The van der Waals surface area contributed by atoms with Gasteiger partial charge in [-0.05, 0) is 35.7 Å². The van der Waals surface area contributed by atoms with Crippen molar-refractivity contribution in [2.24, 2.45) is 0 Å². The zero-order valence-electron chi connectivity index (χ0n) is 19.2. The van der Waals surface area contributed by atoms with Gasteiger partial charge < -0.3 is 30.2 Å². The van der Waals surface area contributed by atoms with Crippen molar-refractivity contribution in [2.45, 2.75) is 5.52 Å². The Bertz CT molecular complexity index is 1760. The van der Waals surface area contributed by atoms with Gasteiger partial charge in [-0.15, -0.1) is 11.3 Å². The standard InChI is InChI=1S/C23H19N5O7P2S/c29-21(15-10-13-4-1-2-7-18(13)24-12-15)25-16-6-3-5-14(11-16)19-26-20(17-8-9-38-22(17)27-19)28-23(36(30,31)32)37(33,34)35/h1-12,23H,(H,25,29)(H,26,27,28)(H2,30,31,32)(H2,33,34,35). The monoisotopic (exact) mass is 571 g/mol. The van der Waals surface area contributed by atoms with Crippen molar-refractivity contribution in [1.29, 1.82) is 0 Å². The van der Waals surface area contributed by atoms with Gasteiger partial charge in [-0.1, -0.05) is 30.3 Å². The highest BCUT2D eigenvalue weighted by atomic mass is 32.1. The van der Waals surface area contributed by atoms with Gasteiger partial charge in [-0.25, -0.2) is 9.97 Å². The normalized spacial score (nSPS) is 12.2. The Morgan fingerprint density at radius 2 is 1.68 bits per heavy atom. The number of carbonyl (C=O) groups is 1. The largest absolute Gasteiger partial charge is 0.360 e. The van der Waals surface area contributed by atoms with E-state index in [0.29, 0.717) is 27.0 Å². The van der Waals surface area contributed by atoms with Crippen LogP contribution in [0.5, 0.6) is 0 Å². The van der Waals surface area contributed by atoms with E-state index in [1.807, 2.05) is 24.3 Å². The highest BCUT2D eigenvalue weighted by molar-refractivity contribution is 7.71. The number of aromatic nitrogens is 3. The van der Waals surface area contributed by atoms with Crippen LogP contribution in [-0.2, 0) is 9.13 Å². The van der Waals surface area contributed by atoms with Gasteiger partial charge in [0, 0.05) is 22.8 Å². The average molecular weight is 571 g/mol. The molecule has 0 atom stereocenters. The predicted molar refractivity (Wildman–Crippen MR) is 144 cm³/mol. The number of fused-ring (bicyclic) bond motifs is 2. The lowest BCUT2D eigenvalue weighted by Crippen LogP contribution is -2.21. The summed E-state index contributed by atoms with van der Waals surface area (Å²) in [5.74, 6) is -0.427. The first-order chi connectivity index (χ1) is 18.0. The molecule has 5 aromatic rings. The summed E-state index contributed by atoms with van der Waals surface area (Å²) in [6.45, 7) is 0. The van der Waals surface area contributed by atoms with Gasteiger partial charge in [0.1, 0.15) is 10.6 Å². The lowest BCUT2D eigenvalue weighted by atomic mass is 10.1. The molecule has 0 aliphatic rings. The molecule has 3 heterocycles. The highest BCUT2D eigenvalue weighted by Crippen LogP contribution is 2.59. The maximum Gasteiger partial charge on any atom is 0.360 e. The number of benzene rings is 2. The molecule has 194 valence electrons. The topological polar surface area (TPSA) is 195 Å². The molecule has 0 bridgehead atoms. The van der Waals surface area contributed by atoms with Crippen LogP contribution in [0.1, 0.15) is 10.4 Å². The molecule has 6 N–H and O–H groups in total. The maximum atomic E-state index is 12.9. The Morgan fingerprint density at radius 1 is 0.921 bits per heavy atom. The lowest BCUT2D eigenvalue weighted by Gasteiger charge is -2.21. The Morgan fingerprint density at radius 3 is 2.45 bits per heavy atom. The quantitative estimate of drug-likeness (QED) is 0.153. The van der Waals surface area contributed by atoms with Gasteiger partial charge in [0.25, 0.3) is 5.91 Å². The van der Waals surface area contributed by atoms with Gasteiger partial charge in [-0.2, -0.15) is 0 Å². The van der Waals surface area contributed by atoms with Crippen LogP contribution in [0.4, 0.5) is 11.5 Å². The summed E-state index contributed by atoms with van der Waals surface area (Å²) in [6, 6.07) is 17.3. The van der Waals surface area contributed by atoms with Crippen molar-refractivity contribution in [2.75, 3.05) is 10.6 Å². The van der Waals surface area contributed by atoms with Crippen LogP contribution in [0.3, 0.4) is 0 Å². The summed E-state index contributed by atoms with van der Waals surface area (Å²) in [4.78, 5) is 64.5. The van der Waals surface area contributed by atoms with Crippen molar-refractivity contribution in [3.63, 3.8) is 0 Å². The molecule has 0 aliphatic carbocycles. The molecule has 15 heteroatoms. The second-order valence-corrected chi connectivity index (χ2v) is 12.9. The molecular formula is C23H19N5O7P2S. The zero-order chi connectivity index (χ0) is 27.1. The van der Waals surface area contributed by atoms with Crippen LogP contribution >= 0.6 is 26.5 Å². The second-order valence-electron chi connectivity index (χ2n) is 8.18. The molecule has 0 unspecified atom stereocenters. The predicted octanol–water partition coefficient (Wildman–Crippen LogP) is 4.21. The van der Waals surface area contributed by atoms with Crippen molar-refractivity contribution >= 4 is 65.1 Å². The molecule has 12 nitrogen and oxygen atoms in total. The third kappa shape index (κ3) is 5.50. The van der Waals surface area contributed by atoms with Crippen LogP contribution in [-0.4, -0.2) is 46.0 Å². The average Bonchev–Trinajstić information content (AvgIpc) is 3.34. The number of hydrogen-bond donors (Lipinski definition) is 6. The fraction of sp³-hybridized carbons (Fsp3) is 0.0435. The highest BCUT2D eigenvalue weighted by Gasteiger charge is 2.44. The van der Waals surface area contributed by atoms with E-state index in [-0.39, 0.29) is 17.5 Å².